The molecule has 0 amide bonds. The van der Waals surface area contributed by atoms with Gasteiger partial charge in [-0.25, -0.2) is 9.99 Å². The molecule has 1 aliphatic heterocycles. The van der Waals surface area contributed by atoms with E-state index in [0.29, 0.717) is 5.39 Å². The van der Waals surface area contributed by atoms with E-state index in [1.165, 1.54) is 0 Å². The minimum atomic E-state index is -0.0225. The molecule has 0 saturated carbocycles. The molecule has 7 heteroatoms. The summed E-state index contributed by atoms with van der Waals surface area (Å²) < 4.78 is 7.08. The van der Waals surface area contributed by atoms with Gasteiger partial charge in [-0.1, -0.05) is 42.1 Å². The summed E-state index contributed by atoms with van der Waals surface area (Å²) in [6.45, 7) is 4.31. The average Bonchev–Trinajstić information content (AvgIpc) is 2.75. The second kappa shape index (κ2) is 9.34. The number of ether oxygens (including phenoxy) is 1. The average molecular weight is 397 g/mol. The third kappa shape index (κ3) is 4.44. The highest BCUT2D eigenvalue weighted by molar-refractivity contribution is 7.99. The van der Waals surface area contributed by atoms with Gasteiger partial charge in [0.05, 0.1) is 29.8 Å². The van der Waals surface area contributed by atoms with E-state index in [-0.39, 0.29) is 5.56 Å². The number of para-hydroxylation sites is 2. The maximum Gasteiger partial charge on any atom is 0.266 e. The molecule has 28 heavy (non-hydrogen) atoms. The van der Waals surface area contributed by atoms with Crippen LogP contribution in [0.4, 0.5) is 0 Å². The molecule has 146 valence electrons. The summed E-state index contributed by atoms with van der Waals surface area (Å²) in [4.78, 5) is 17.9. The summed E-state index contributed by atoms with van der Waals surface area (Å²) >= 11 is 1.63. The van der Waals surface area contributed by atoms with Crippen LogP contribution in [0.2, 0.25) is 0 Å². The molecule has 1 saturated heterocycles. The van der Waals surface area contributed by atoms with Crippen LogP contribution < -0.4 is 11.0 Å². The highest BCUT2D eigenvalue weighted by atomic mass is 32.2. The Morgan fingerprint density at radius 2 is 1.79 bits per heavy atom. The molecule has 1 aliphatic rings. The molecule has 0 aliphatic carbocycles. The lowest BCUT2D eigenvalue weighted by atomic mass is 10.2. The Morgan fingerprint density at radius 3 is 2.61 bits per heavy atom. The van der Waals surface area contributed by atoms with Gasteiger partial charge >= 0.3 is 0 Å². The fourth-order valence-corrected chi connectivity index (χ4v) is 4.16. The Kier molecular flexibility index (Phi) is 6.38. The summed E-state index contributed by atoms with van der Waals surface area (Å²) in [5.41, 5.74) is 5.01. The van der Waals surface area contributed by atoms with Gasteiger partial charge in [0.15, 0.2) is 5.16 Å². The number of aromatic nitrogens is 2. The van der Waals surface area contributed by atoms with Gasteiger partial charge in [-0.2, -0.15) is 0 Å². The van der Waals surface area contributed by atoms with Gasteiger partial charge in [-0.15, -0.1) is 0 Å². The molecular formula is C21H24N4O2S. The van der Waals surface area contributed by atoms with E-state index in [0.717, 1.165) is 61.4 Å². The third-order valence-electron chi connectivity index (χ3n) is 4.66. The molecule has 0 atom stereocenters. The van der Waals surface area contributed by atoms with Crippen molar-refractivity contribution in [3.05, 3.63) is 65.0 Å². The van der Waals surface area contributed by atoms with E-state index in [1.807, 2.05) is 54.6 Å². The Morgan fingerprint density at radius 1 is 1.04 bits per heavy atom. The first-order valence-corrected chi connectivity index (χ1v) is 10.6. The number of rotatable bonds is 7. The smallest absolute Gasteiger partial charge is 0.266 e. The SMILES string of the molecule is O=c1c2ccccc2nc(SCCCNN2CCOCC2)n1-c1ccccc1. The van der Waals surface area contributed by atoms with Gasteiger partial charge in [0.1, 0.15) is 0 Å². The number of nitrogens with one attached hydrogen (secondary N) is 1. The lowest BCUT2D eigenvalue weighted by Gasteiger charge is -2.27. The van der Waals surface area contributed by atoms with Crippen LogP contribution in [-0.2, 0) is 4.74 Å². The second-order valence-corrected chi connectivity index (χ2v) is 7.66. The summed E-state index contributed by atoms with van der Waals surface area (Å²) in [5, 5.41) is 3.59. The monoisotopic (exact) mass is 396 g/mol. The van der Waals surface area contributed by atoms with Crippen LogP contribution in [0.5, 0.6) is 0 Å². The first-order valence-electron chi connectivity index (χ1n) is 9.59. The van der Waals surface area contributed by atoms with Crippen LogP contribution in [0.3, 0.4) is 0 Å². The van der Waals surface area contributed by atoms with E-state index in [1.54, 1.807) is 16.3 Å². The molecule has 0 radical (unpaired) electrons. The zero-order valence-corrected chi connectivity index (χ0v) is 16.5. The minimum absolute atomic E-state index is 0.0225. The normalized spacial score (nSPS) is 15.1. The Balaban J connectivity index is 1.50. The van der Waals surface area contributed by atoms with E-state index in [4.69, 9.17) is 9.72 Å². The van der Waals surface area contributed by atoms with Gasteiger partial charge in [0, 0.05) is 25.4 Å². The van der Waals surface area contributed by atoms with Crippen LogP contribution in [0.15, 0.2) is 64.5 Å². The van der Waals surface area contributed by atoms with E-state index in [9.17, 15) is 4.79 Å². The van der Waals surface area contributed by atoms with Gasteiger partial charge < -0.3 is 4.74 Å². The number of hydrogen-bond acceptors (Lipinski definition) is 6. The van der Waals surface area contributed by atoms with Gasteiger partial charge in [-0.05, 0) is 30.7 Å². The Labute approximate surface area is 168 Å². The molecule has 4 rings (SSSR count). The van der Waals surface area contributed by atoms with Crippen molar-refractivity contribution in [1.29, 1.82) is 0 Å². The highest BCUT2D eigenvalue weighted by Gasteiger charge is 2.13. The molecule has 1 fully saturated rings. The largest absolute Gasteiger partial charge is 0.379 e. The number of hydrazine groups is 1. The predicted octanol–water partition coefficient (Wildman–Crippen LogP) is 2.70. The van der Waals surface area contributed by atoms with Crippen molar-refractivity contribution in [3.63, 3.8) is 0 Å². The summed E-state index contributed by atoms with van der Waals surface area (Å²) in [6.07, 6.45) is 0.986. The van der Waals surface area contributed by atoms with E-state index in [2.05, 4.69) is 10.4 Å². The fourth-order valence-electron chi connectivity index (χ4n) is 3.21. The molecule has 1 N–H and O–H groups in total. The van der Waals surface area contributed by atoms with Crippen LogP contribution in [0.1, 0.15) is 6.42 Å². The standard InChI is InChI=1S/C21H24N4O2S/c26-20-18-9-4-5-10-19(18)23-21(25(20)17-7-2-1-3-8-17)28-16-6-11-22-24-12-14-27-15-13-24/h1-5,7-10,22H,6,11-16H2. The van der Waals surface area contributed by atoms with Crippen molar-refractivity contribution in [2.75, 3.05) is 38.6 Å². The zero-order valence-electron chi connectivity index (χ0n) is 15.7. The van der Waals surface area contributed by atoms with Crippen molar-refractivity contribution >= 4 is 22.7 Å². The predicted molar refractivity (Wildman–Crippen MR) is 113 cm³/mol. The lowest BCUT2D eigenvalue weighted by Crippen LogP contribution is -2.46. The molecule has 2 heterocycles. The fraction of sp³-hybridized carbons (Fsp3) is 0.333. The molecule has 6 nitrogen and oxygen atoms in total. The van der Waals surface area contributed by atoms with Crippen molar-refractivity contribution in [2.24, 2.45) is 0 Å². The van der Waals surface area contributed by atoms with Gasteiger partial charge in [-0.3, -0.25) is 14.8 Å². The van der Waals surface area contributed by atoms with Gasteiger partial charge in [0.25, 0.3) is 5.56 Å². The number of thioether (sulfide) groups is 1. The number of morpholine rings is 1. The second-order valence-electron chi connectivity index (χ2n) is 6.60. The molecule has 1 aromatic heterocycles. The first-order chi connectivity index (χ1) is 13.8. The number of nitrogens with zero attached hydrogens (tertiary/aromatic N) is 3. The minimum Gasteiger partial charge on any atom is -0.379 e. The van der Waals surface area contributed by atoms with Crippen molar-refractivity contribution in [2.45, 2.75) is 11.6 Å². The van der Waals surface area contributed by atoms with Crippen LogP contribution >= 0.6 is 11.8 Å². The number of hydrogen-bond donors (Lipinski definition) is 1. The van der Waals surface area contributed by atoms with Crippen LogP contribution in [0.25, 0.3) is 16.6 Å². The first kappa shape index (κ1) is 19.1. The quantitative estimate of drug-likeness (QED) is 0.376. The maximum atomic E-state index is 13.1. The molecule has 0 bridgehead atoms. The van der Waals surface area contributed by atoms with Crippen LogP contribution in [0, 0.1) is 0 Å². The maximum absolute atomic E-state index is 13.1. The molecule has 0 unspecified atom stereocenters. The van der Waals surface area contributed by atoms with Gasteiger partial charge in [0.2, 0.25) is 0 Å². The Bertz CT molecular complexity index is 971. The van der Waals surface area contributed by atoms with Crippen molar-refractivity contribution in [3.8, 4) is 5.69 Å². The topological polar surface area (TPSA) is 59.4 Å². The van der Waals surface area contributed by atoms with E-state index < -0.39 is 0 Å². The van der Waals surface area contributed by atoms with Crippen molar-refractivity contribution in [1.82, 2.24) is 20.0 Å². The lowest BCUT2D eigenvalue weighted by molar-refractivity contribution is 0.0122. The number of fused-ring (bicyclic) bond motifs is 1. The third-order valence-corrected chi connectivity index (χ3v) is 5.68. The molecule has 2 aromatic carbocycles. The number of benzene rings is 2. The highest BCUT2D eigenvalue weighted by Crippen LogP contribution is 2.21. The molecule has 3 aromatic rings. The Hall–Kier alpha value is -2.19. The van der Waals surface area contributed by atoms with Crippen molar-refractivity contribution < 1.29 is 4.74 Å². The zero-order chi connectivity index (χ0) is 19.2. The van der Waals surface area contributed by atoms with E-state index >= 15 is 0 Å². The summed E-state index contributed by atoms with van der Waals surface area (Å²) in [5.74, 6) is 0.884. The molecule has 0 spiro atoms. The summed E-state index contributed by atoms with van der Waals surface area (Å²) in [6, 6.07) is 17.3. The molecular weight excluding hydrogens is 372 g/mol. The summed E-state index contributed by atoms with van der Waals surface area (Å²) in [7, 11) is 0. The van der Waals surface area contributed by atoms with Crippen LogP contribution in [-0.4, -0.2) is 53.2 Å².